The van der Waals surface area contributed by atoms with E-state index in [1.165, 1.54) is 12.1 Å². The van der Waals surface area contributed by atoms with Gasteiger partial charge in [-0.2, -0.15) is 0 Å². The number of aliphatic imine (C=N–C) groups is 1. The van der Waals surface area contributed by atoms with E-state index in [-0.39, 0.29) is 5.69 Å². The Balaban J connectivity index is 2.57. The van der Waals surface area contributed by atoms with Crippen LogP contribution in [0.25, 0.3) is 0 Å². The van der Waals surface area contributed by atoms with Crippen molar-refractivity contribution in [1.29, 1.82) is 0 Å². The first-order valence-corrected chi connectivity index (χ1v) is 5.44. The van der Waals surface area contributed by atoms with Crippen molar-refractivity contribution in [1.82, 2.24) is 0 Å². The largest absolute Gasteiger partial charge is 0.280 e. The first-order valence-electron chi connectivity index (χ1n) is 5.44. The Morgan fingerprint density at radius 2 is 2.29 bits per heavy atom. The predicted molar refractivity (Wildman–Crippen MR) is 68.2 cm³/mol. The molecule has 0 aliphatic heterocycles. The molecular weight excluding hydrogens is 216 g/mol. The third kappa shape index (κ3) is 4.94. The van der Waals surface area contributed by atoms with Crippen LogP contribution in [-0.4, -0.2) is 17.7 Å². The van der Waals surface area contributed by atoms with Gasteiger partial charge in [-0.25, -0.2) is 0 Å². The normalized spacial score (nSPS) is 9.94. The van der Waals surface area contributed by atoms with E-state index in [2.05, 4.69) is 23.8 Å². The van der Waals surface area contributed by atoms with Crippen molar-refractivity contribution in [3.8, 4) is 11.8 Å². The molecule has 0 aliphatic carbocycles. The number of hydrogen-bond donors (Lipinski definition) is 0. The minimum absolute atomic E-state index is 0.0750. The van der Waals surface area contributed by atoms with E-state index in [1.54, 1.807) is 18.3 Å². The van der Waals surface area contributed by atoms with E-state index in [0.29, 0.717) is 6.54 Å². The molecule has 0 bridgehead atoms. The van der Waals surface area contributed by atoms with Crippen molar-refractivity contribution in [2.24, 2.45) is 4.99 Å². The molecule has 17 heavy (non-hydrogen) atoms. The van der Waals surface area contributed by atoms with Crippen LogP contribution in [0.4, 0.5) is 5.69 Å². The Hall–Kier alpha value is -2.15. The molecule has 1 aromatic rings. The fourth-order valence-electron chi connectivity index (χ4n) is 1.18. The Morgan fingerprint density at radius 1 is 1.47 bits per heavy atom. The number of nitro groups is 1. The summed E-state index contributed by atoms with van der Waals surface area (Å²) in [5.41, 5.74) is 0.794. The van der Waals surface area contributed by atoms with Crippen molar-refractivity contribution in [3.05, 3.63) is 39.9 Å². The average Bonchev–Trinajstić information content (AvgIpc) is 2.34. The molecule has 0 aliphatic rings. The number of unbranched alkanes of at least 4 members (excludes halogenated alkanes) is 1. The van der Waals surface area contributed by atoms with Gasteiger partial charge in [0.2, 0.25) is 0 Å². The third-order valence-corrected chi connectivity index (χ3v) is 1.99. The van der Waals surface area contributed by atoms with E-state index in [0.717, 1.165) is 18.4 Å². The summed E-state index contributed by atoms with van der Waals surface area (Å²) in [4.78, 5) is 14.2. The zero-order valence-electron chi connectivity index (χ0n) is 9.72. The number of benzene rings is 1. The van der Waals surface area contributed by atoms with E-state index >= 15 is 0 Å². The van der Waals surface area contributed by atoms with Crippen molar-refractivity contribution >= 4 is 11.9 Å². The minimum atomic E-state index is -0.418. The van der Waals surface area contributed by atoms with Gasteiger partial charge in [-0.15, -0.1) is 5.92 Å². The highest BCUT2D eigenvalue weighted by atomic mass is 16.6. The number of nitrogens with zero attached hydrogens (tertiary/aromatic N) is 2. The highest BCUT2D eigenvalue weighted by Gasteiger charge is 2.03. The number of non-ortho nitro benzene ring substituents is 1. The Labute approximate surface area is 101 Å². The van der Waals surface area contributed by atoms with Gasteiger partial charge in [0.05, 0.1) is 11.5 Å². The topological polar surface area (TPSA) is 55.5 Å². The molecule has 0 spiro atoms. The van der Waals surface area contributed by atoms with Gasteiger partial charge in [-0.1, -0.05) is 25.0 Å². The summed E-state index contributed by atoms with van der Waals surface area (Å²) in [7, 11) is 0. The van der Waals surface area contributed by atoms with Gasteiger partial charge in [-0.3, -0.25) is 15.1 Å². The van der Waals surface area contributed by atoms with Crippen LogP contribution in [0.3, 0.4) is 0 Å². The highest BCUT2D eigenvalue weighted by molar-refractivity contribution is 5.80. The van der Waals surface area contributed by atoms with Gasteiger partial charge in [0.25, 0.3) is 5.69 Å². The molecule has 4 nitrogen and oxygen atoms in total. The van der Waals surface area contributed by atoms with Gasteiger partial charge in [0.1, 0.15) is 0 Å². The number of nitro benzene ring substituents is 1. The standard InChI is InChI=1S/C13H14N2O2/c1-2-3-4-5-9-14-11-12-7-6-8-13(10-12)15(16)17/h6-8,10-11H,2-3,9H2,1H3. The molecule has 0 amide bonds. The second-order valence-electron chi connectivity index (χ2n) is 3.43. The molecule has 0 N–H and O–H groups in total. The van der Waals surface area contributed by atoms with Gasteiger partial charge in [0, 0.05) is 24.8 Å². The third-order valence-electron chi connectivity index (χ3n) is 1.99. The molecule has 0 aromatic heterocycles. The molecule has 0 radical (unpaired) electrons. The van der Waals surface area contributed by atoms with Crippen molar-refractivity contribution in [2.75, 3.05) is 6.54 Å². The molecule has 0 fully saturated rings. The average molecular weight is 230 g/mol. The molecule has 1 aromatic carbocycles. The lowest BCUT2D eigenvalue weighted by Gasteiger charge is -1.92. The fourth-order valence-corrected chi connectivity index (χ4v) is 1.18. The lowest BCUT2D eigenvalue weighted by Crippen LogP contribution is -1.89. The quantitative estimate of drug-likeness (QED) is 0.345. The SMILES string of the molecule is CCCC#CCN=Cc1cccc([N+](=O)[O-])c1. The second-order valence-corrected chi connectivity index (χ2v) is 3.43. The van der Waals surface area contributed by atoms with Crippen LogP contribution in [0.1, 0.15) is 25.3 Å². The maximum absolute atomic E-state index is 10.5. The van der Waals surface area contributed by atoms with Crippen LogP contribution in [0.5, 0.6) is 0 Å². The maximum atomic E-state index is 10.5. The zero-order valence-corrected chi connectivity index (χ0v) is 9.72. The van der Waals surface area contributed by atoms with Crippen molar-refractivity contribution in [3.63, 3.8) is 0 Å². The van der Waals surface area contributed by atoms with Gasteiger partial charge in [0.15, 0.2) is 0 Å². The smallest absolute Gasteiger partial charge is 0.270 e. The zero-order chi connectivity index (χ0) is 12.5. The highest BCUT2D eigenvalue weighted by Crippen LogP contribution is 2.11. The van der Waals surface area contributed by atoms with Crippen LogP contribution in [0.2, 0.25) is 0 Å². The first-order chi connectivity index (χ1) is 8.24. The monoisotopic (exact) mass is 230 g/mol. The second kappa shape index (κ2) is 7.18. The number of rotatable bonds is 4. The van der Waals surface area contributed by atoms with Crippen LogP contribution in [0, 0.1) is 22.0 Å². The van der Waals surface area contributed by atoms with E-state index in [9.17, 15) is 10.1 Å². The fraction of sp³-hybridized carbons (Fsp3) is 0.308. The molecular formula is C13H14N2O2. The molecule has 88 valence electrons. The molecule has 0 heterocycles. The lowest BCUT2D eigenvalue weighted by molar-refractivity contribution is -0.384. The summed E-state index contributed by atoms with van der Waals surface area (Å²) < 4.78 is 0. The van der Waals surface area contributed by atoms with E-state index in [4.69, 9.17) is 0 Å². The van der Waals surface area contributed by atoms with Crippen LogP contribution >= 0.6 is 0 Å². The van der Waals surface area contributed by atoms with Gasteiger partial charge < -0.3 is 0 Å². The van der Waals surface area contributed by atoms with E-state index in [1.807, 2.05) is 0 Å². The molecule has 0 atom stereocenters. The number of hydrogen-bond acceptors (Lipinski definition) is 3. The predicted octanol–water partition coefficient (Wildman–Crippen LogP) is 2.82. The Morgan fingerprint density at radius 3 is 3.00 bits per heavy atom. The summed E-state index contributed by atoms with van der Waals surface area (Å²) in [6.07, 6.45) is 3.53. The van der Waals surface area contributed by atoms with Crippen LogP contribution in [-0.2, 0) is 0 Å². The van der Waals surface area contributed by atoms with Gasteiger partial charge in [-0.05, 0) is 12.0 Å². The summed E-state index contributed by atoms with van der Waals surface area (Å²) in [6.45, 7) is 2.50. The summed E-state index contributed by atoms with van der Waals surface area (Å²) >= 11 is 0. The van der Waals surface area contributed by atoms with Crippen molar-refractivity contribution < 1.29 is 4.92 Å². The van der Waals surface area contributed by atoms with Gasteiger partial charge >= 0.3 is 0 Å². The maximum Gasteiger partial charge on any atom is 0.270 e. The minimum Gasteiger partial charge on any atom is -0.280 e. The van der Waals surface area contributed by atoms with Crippen LogP contribution < -0.4 is 0 Å². The summed E-state index contributed by atoms with van der Waals surface area (Å²) in [5, 5.41) is 10.5. The molecule has 1 rings (SSSR count). The molecule has 0 saturated heterocycles. The van der Waals surface area contributed by atoms with Crippen LogP contribution in [0.15, 0.2) is 29.3 Å². The summed E-state index contributed by atoms with van der Waals surface area (Å²) in [6, 6.07) is 6.36. The Kier molecular flexibility index (Phi) is 5.45. The van der Waals surface area contributed by atoms with Crippen molar-refractivity contribution in [2.45, 2.75) is 19.8 Å². The van der Waals surface area contributed by atoms with E-state index < -0.39 is 4.92 Å². The molecule has 0 unspecified atom stereocenters. The summed E-state index contributed by atoms with van der Waals surface area (Å²) in [5.74, 6) is 5.89. The first kappa shape index (κ1) is 12.9. The molecule has 4 heteroatoms. The molecule has 0 saturated carbocycles. The lowest BCUT2D eigenvalue weighted by atomic mass is 10.2. The Bertz CT molecular complexity index is 470.